The van der Waals surface area contributed by atoms with Crippen LogP contribution in [0.5, 0.6) is 0 Å². The number of thiophene rings is 2. The zero-order valence-electron chi connectivity index (χ0n) is 18.0. The first-order valence-corrected chi connectivity index (χ1v) is 13.5. The van der Waals surface area contributed by atoms with E-state index in [4.69, 9.17) is 4.98 Å². The third-order valence-corrected chi connectivity index (χ3v) is 8.64. The van der Waals surface area contributed by atoms with Gasteiger partial charge in [-0.25, -0.2) is 9.37 Å². The Morgan fingerprint density at radius 1 is 1.24 bits per heavy atom. The number of benzene rings is 1. The molecule has 33 heavy (non-hydrogen) atoms. The van der Waals surface area contributed by atoms with Crippen LogP contribution in [0.3, 0.4) is 0 Å². The highest BCUT2D eigenvalue weighted by Gasteiger charge is 2.24. The summed E-state index contributed by atoms with van der Waals surface area (Å²) in [5, 5.41) is 4.94. The molecule has 0 fully saturated rings. The van der Waals surface area contributed by atoms with Gasteiger partial charge in [-0.3, -0.25) is 14.2 Å². The van der Waals surface area contributed by atoms with Crippen molar-refractivity contribution in [1.29, 1.82) is 0 Å². The summed E-state index contributed by atoms with van der Waals surface area (Å²) in [6.07, 6.45) is 3.94. The fourth-order valence-electron chi connectivity index (χ4n) is 4.11. The fourth-order valence-corrected chi connectivity index (χ4v) is 7.02. The lowest BCUT2D eigenvalue weighted by molar-refractivity contribution is -0.127. The SMILES string of the molecule is CN(Cc1ccsc1)C(=O)CSc1nc2sc3c(c2c(=O)n1-c1ccccc1F)CCCC3. The molecular weight excluding hydrogens is 477 g/mol. The highest BCUT2D eigenvalue weighted by atomic mass is 32.2. The van der Waals surface area contributed by atoms with E-state index in [1.54, 1.807) is 52.8 Å². The largest absolute Gasteiger partial charge is 0.341 e. The molecule has 170 valence electrons. The van der Waals surface area contributed by atoms with Gasteiger partial charge in [0.15, 0.2) is 5.16 Å². The van der Waals surface area contributed by atoms with E-state index in [0.717, 1.165) is 36.8 Å². The molecule has 0 atom stereocenters. The van der Waals surface area contributed by atoms with Crippen LogP contribution < -0.4 is 5.56 Å². The number of thioether (sulfide) groups is 1. The number of fused-ring (bicyclic) bond motifs is 3. The molecule has 1 aromatic carbocycles. The number of hydrogen-bond donors (Lipinski definition) is 0. The van der Waals surface area contributed by atoms with E-state index in [2.05, 4.69) is 0 Å². The van der Waals surface area contributed by atoms with Gasteiger partial charge in [-0.2, -0.15) is 11.3 Å². The van der Waals surface area contributed by atoms with Crippen molar-refractivity contribution in [3.8, 4) is 5.69 Å². The molecule has 0 aliphatic heterocycles. The number of nitrogens with zero attached hydrogens (tertiary/aromatic N) is 3. The van der Waals surface area contributed by atoms with Gasteiger partial charge in [0, 0.05) is 18.5 Å². The molecule has 3 aromatic heterocycles. The van der Waals surface area contributed by atoms with Crippen molar-refractivity contribution in [3.63, 3.8) is 0 Å². The molecule has 5 nitrogen and oxygen atoms in total. The number of hydrogen-bond acceptors (Lipinski definition) is 6. The second kappa shape index (κ2) is 9.40. The van der Waals surface area contributed by atoms with E-state index >= 15 is 0 Å². The van der Waals surface area contributed by atoms with Crippen LogP contribution in [0, 0.1) is 5.82 Å². The highest BCUT2D eigenvalue weighted by molar-refractivity contribution is 7.99. The van der Waals surface area contributed by atoms with Crippen LogP contribution >= 0.6 is 34.4 Å². The summed E-state index contributed by atoms with van der Waals surface area (Å²) in [4.78, 5) is 34.8. The number of carbonyl (C=O) groups is 1. The Morgan fingerprint density at radius 2 is 2.06 bits per heavy atom. The van der Waals surface area contributed by atoms with Gasteiger partial charge >= 0.3 is 0 Å². The van der Waals surface area contributed by atoms with E-state index < -0.39 is 5.82 Å². The van der Waals surface area contributed by atoms with Crippen LogP contribution in [0.2, 0.25) is 0 Å². The van der Waals surface area contributed by atoms with Crippen molar-refractivity contribution in [3.05, 3.63) is 73.3 Å². The monoisotopic (exact) mass is 499 g/mol. The van der Waals surface area contributed by atoms with E-state index in [0.29, 0.717) is 21.9 Å². The first kappa shape index (κ1) is 22.3. The van der Waals surface area contributed by atoms with Crippen molar-refractivity contribution < 1.29 is 9.18 Å². The van der Waals surface area contributed by atoms with Crippen molar-refractivity contribution in [1.82, 2.24) is 14.5 Å². The molecule has 0 unspecified atom stereocenters. The Kier molecular flexibility index (Phi) is 6.36. The summed E-state index contributed by atoms with van der Waals surface area (Å²) in [5.74, 6) is -0.461. The Balaban J connectivity index is 1.53. The molecular formula is C24H22FN3O2S3. The summed E-state index contributed by atoms with van der Waals surface area (Å²) in [6.45, 7) is 0.521. The van der Waals surface area contributed by atoms with Crippen LogP contribution in [0.4, 0.5) is 4.39 Å². The van der Waals surface area contributed by atoms with Gasteiger partial charge in [-0.05, 0) is 65.8 Å². The predicted molar refractivity (Wildman–Crippen MR) is 133 cm³/mol. The zero-order valence-corrected chi connectivity index (χ0v) is 20.5. The van der Waals surface area contributed by atoms with Crippen LogP contribution in [0.1, 0.15) is 28.8 Å². The van der Waals surface area contributed by atoms with Crippen molar-refractivity contribution >= 4 is 50.6 Å². The lowest BCUT2D eigenvalue weighted by atomic mass is 9.97. The summed E-state index contributed by atoms with van der Waals surface area (Å²) in [7, 11) is 1.76. The smallest absolute Gasteiger partial charge is 0.267 e. The minimum atomic E-state index is -0.493. The topological polar surface area (TPSA) is 55.2 Å². The molecule has 0 bridgehead atoms. The number of carbonyl (C=O) groups excluding carboxylic acids is 1. The van der Waals surface area contributed by atoms with Gasteiger partial charge in [-0.15, -0.1) is 11.3 Å². The van der Waals surface area contributed by atoms with E-state index in [1.807, 2.05) is 16.8 Å². The lowest BCUT2D eigenvalue weighted by Crippen LogP contribution is -2.28. The van der Waals surface area contributed by atoms with E-state index in [1.165, 1.54) is 27.3 Å². The maximum absolute atomic E-state index is 14.8. The second-order valence-electron chi connectivity index (χ2n) is 8.05. The standard InChI is InChI=1S/C24H22FN3O2S3/c1-27(12-15-10-11-31-13-15)20(29)14-32-24-26-22-21(16-6-2-5-9-19(16)33-22)23(30)28(24)18-8-4-3-7-17(18)25/h3-4,7-8,10-11,13H,2,5-6,9,12,14H2,1H3. The average molecular weight is 500 g/mol. The third-order valence-electron chi connectivity index (χ3n) is 5.80. The van der Waals surface area contributed by atoms with Gasteiger partial charge in [0.1, 0.15) is 10.6 Å². The number of aryl methyl sites for hydroxylation is 2. The van der Waals surface area contributed by atoms with Crippen LogP contribution in [0.15, 0.2) is 51.0 Å². The first-order valence-electron chi connectivity index (χ1n) is 10.7. The molecule has 1 amide bonds. The molecule has 1 aliphatic carbocycles. The third kappa shape index (κ3) is 4.37. The number of amides is 1. The molecule has 0 spiro atoms. The molecule has 5 rings (SSSR count). The first-order chi connectivity index (χ1) is 16.0. The minimum Gasteiger partial charge on any atom is -0.341 e. The van der Waals surface area contributed by atoms with Gasteiger partial charge in [0.05, 0.1) is 16.8 Å². The minimum absolute atomic E-state index is 0.0777. The maximum Gasteiger partial charge on any atom is 0.267 e. The zero-order chi connectivity index (χ0) is 22.9. The lowest BCUT2D eigenvalue weighted by Gasteiger charge is -2.17. The number of para-hydroxylation sites is 1. The fraction of sp³-hybridized carbons (Fsp3) is 0.292. The number of aromatic nitrogens is 2. The summed E-state index contributed by atoms with van der Waals surface area (Å²) < 4.78 is 16.1. The Hall–Kier alpha value is -2.49. The second-order valence-corrected chi connectivity index (χ2v) is 10.9. The van der Waals surface area contributed by atoms with Gasteiger partial charge in [-0.1, -0.05) is 23.9 Å². The van der Waals surface area contributed by atoms with E-state index in [9.17, 15) is 14.0 Å². The van der Waals surface area contributed by atoms with E-state index in [-0.39, 0.29) is 22.9 Å². The Morgan fingerprint density at radius 3 is 2.85 bits per heavy atom. The van der Waals surface area contributed by atoms with Crippen LogP contribution in [-0.4, -0.2) is 33.2 Å². The Labute approximate surface area is 202 Å². The van der Waals surface area contributed by atoms with Crippen LogP contribution in [-0.2, 0) is 24.2 Å². The van der Waals surface area contributed by atoms with Crippen molar-refractivity contribution in [2.45, 2.75) is 37.4 Å². The predicted octanol–water partition coefficient (Wildman–Crippen LogP) is 5.28. The van der Waals surface area contributed by atoms with Gasteiger partial charge in [0.25, 0.3) is 5.56 Å². The number of halogens is 1. The molecule has 0 saturated heterocycles. The molecule has 4 aromatic rings. The number of rotatable bonds is 6. The Bertz CT molecular complexity index is 1380. The molecule has 9 heteroatoms. The molecule has 1 aliphatic rings. The maximum atomic E-state index is 14.8. The summed E-state index contributed by atoms with van der Waals surface area (Å²) in [5.41, 5.74) is 2.04. The average Bonchev–Trinajstić information content (AvgIpc) is 3.45. The summed E-state index contributed by atoms with van der Waals surface area (Å²) >= 11 is 4.32. The quantitative estimate of drug-likeness (QED) is 0.268. The van der Waals surface area contributed by atoms with Crippen molar-refractivity contribution in [2.75, 3.05) is 12.8 Å². The highest BCUT2D eigenvalue weighted by Crippen LogP contribution is 2.35. The van der Waals surface area contributed by atoms with Gasteiger partial charge < -0.3 is 4.90 Å². The molecule has 0 saturated carbocycles. The van der Waals surface area contributed by atoms with Crippen LogP contribution in [0.25, 0.3) is 15.9 Å². The van der Waals surface area contributed by atoms with Crippen molar-refractivity contribution in [2.24, 2.45) is 0 Å². The van der Waals surface area contributed by atoms with Gasteiger partial charge in [0.2, 0.25) is 5.91 Å². The molecule has 3 heterocycles. The molecule has 0 radical (unpaired) electrons. The molecule has 0 N–H and O–H groups in total. The normalized spacial score (nSPS) is 13.3. The summed E-state index contributed by atoms with van der Waals surface area (Å²) in [6, 6.07) is 8.21.